The fourth-order valence-corrected chi connectivity index (χ4v) is 8.09. The number of furan rings is 1. The van der Waals surface area contributed by atoms with Gasteiger partial charge in [0, 0.05) is 62.9 Å². The molecule has 0 bridgehead atoms. The van der Waals surface area contributed by atoms with E-state index in [1.807, 2.05) is 62.4 Å². The lowest BCUT2D eigenvalue weighted by Crippen LogP contribution is -2.44. The lowest BCUT2D eigenvalue weighted by molar-refractivity contribution is -0.148. The number of carbonyl (C=O) groups excluding carboxylic acids is 4. The van der Waals surface area contributed by atoms with Gasteiger partial charge < -0.3 is 41.5 Å². The van der Waals surface area contributed by atoms with Gasteiger partial charge in [-0.25, -0.2) is 0 Å². The number of ether oxygens (including phenoxy) is 1. The summed E-state index contributed by atoms with van der Waals surface area (Å²) >= 11 is 0. The number of aromatic nitrogens is 7. The number of anilines is 4. The smallest absolute Gasteiger partial charge is 0.323 e. The van der Waals surface area contributed by atoms with E-state index in [4.69, 9.17) is 14.9 Å². The molecule has 0 unspecified atom stereocenters. The minimum absolute atomic E-state index is 0.0845. The zero-order chi connectivity index (χ0) is 48.3. The van der Waals surface area contributed by atoms with Gasteiger partial charge in [0.25, 0.3) is 17.6 Å². The van der Waals surface area contributed by atoms with Crippen molar-refractivity contribution < 1.29 is 28.3 Å². The van der Waals surface area contributed by atoms with E-state index in [9.17, 15) is 19.2 Å². The fourth-order valence-electron chi connectivity index (χ4n) is 8.09. The number of nitrogens with two attached hydrogens (primary N) is 1. The molecule has 7 N–H and O–H groups in total. The number of esters is 1. The van der Waals surface area contributed by atoms with Gasteiger partial charge in [0.05, 0.1) is 13.4 Å². The second-order valence-corrected chi connectivity index (χ2v) is 16.6. The second-order valence-electron chi connectivity index (χ2n) is 16.6. The van der Waals surface area contributed by atoms with Crippen LogP contribution in [0.5, 0.6) is 0 Å². The maximum atomic E-state index is 13.4. The summed E-state index contributed by atoms with van der Waals surface area (Å²) in [6.07, 6.45) is 8.46. The number of likely N-dealkylation sites (tertiary alicyclic amines) is 1. The molecule has 0 radical (unpaired) electrons. The summed E-state index contributed by atoms with van der Waals surface area (Å²) in [6.45, 7) is 7.14. The molecule has 1 aliphatic heterocycles. The van der Waals surface area contributed by atoms with Crippen molar-refractivity contribution >= 4 is 52.7 Å². The summed E-state index contributed by atoms with van der Waals surface area (Å²) in [4.78, 5) is 75.4. The molecule has 1 atom stereocenters. The van der Waals surface area contributed by atoms with Gasteiger partial charge in [0.1, 0.15) is 17.4 Å². The Morgan fingerprint density at radius 3 is 2.13 bits per heavy atom. The molecule has 20 heteroatoms. The number of amides is 3. The molecular weight excluding hydrogens is 881 g/mol. The van der Waals surface area contributed by atoms with E-state index >= 15 is 0 Å². The molecule has 8 rings (SSSR count). The molecule has 1 saturated heterocycles. The third-order valence-electron chi connectivity index (χ3n) is 11.8. The predicted molar refractivity (Wildman–Crippen MR) is 259 cm³/mol. The molecule has 0 saturated carbocycles. The average Bonchev–Trinajstić information content (AvgIpc) is 4.06. The third kappa shape index (κ3) is 11.7. The number of hydrogen-bond acceptors (Lipinski definition) is 16. The van der Waals surface area contributed by atoms with Crippen LogP contribution in [0.4, 0.5) is 23.3 Å². The van der Waals surface area contributed by atoms with Crippen molar-refractivity contribution in [1.82, 2.24) is 50.1 Å². The Labute approximate surface area is 397 Å². The number of piperidine rings is 1. The van der Waals surface area contributed by atoms with Gasteiger partial charge in [-0.15, -0.1) is 5.10 Å². The summed E-state index contributed by atoms with van der Waals surface area (Å²) in [5.41, 5.74) is 13.1. The number of carbonyl (C=O) groups is 4. The molecule has 3 amide bonds. The lowest BCUT2D eigenvalue weighted by atomic mass is 9.94. The quantitative estimate of drug-likeness (QED) is 0.0428. The van der Waals surface area contributed by atoms with E-state index in [2.05, 4.69) is 61.5 Å². The molecule has 1 fully saturated rings. The molecule has 356 valence electrons. The molecule has 7 aromatic rings. The van der Waals surface area contributed by atoms with Crippen LogP contribution in [0.25, 0.3) is 28.5 Å². The Morgan fingerprint density at radius 2 is 1.49 bits per heavy atom. The summed E-state index contributed by atoms with van der Waals surface area (Å²) < 4.78 is 11.7. The summed E-state index contributed by atoms with van der Waals surface area (Å²) in [7, 11) is 1.41. The first-order valence-electron chi connectivity index (χ1n) is 22.7. The first-order valence-corrected chi connectivity index (χ1v) is 22.7. The maximum Gasteiger partial charge on any atom is 0.323 e. The van der Waals surface area contributed by atoms with E-state index in [-0.39, 0.29) is 58.8 Å². The Morgan fingerprint density at radius 1 is 0.797 bits per heavy atom. The van der Waals surface area contributed by atoms with Crippen LogP contribution in [0.15, 0.2) is 95.9 Å². The molecule has 0 spiro atoms. The van der Waals surface area contributed by atoms with E-state index < -0.39 is 0 Å². The number of hydrogen-bond donors (Lipinski definition) is 6. The van der Waals surface area contributed by atoms with Crippen molar-refractivity contribution in [2.45, 2.75) is 65.1 Å². The highest BCUT2D eigenvalue weighted by molar-refractivity contribution is 6.05. The van der Waals surface area contributed by atoms with Gasteiger partial charge in [-0.1, -0.05) is 42.8 Å². The minimum atomic E-state index is -0.351. The predicted octanol–water partition coefficient (Wildman–Crippen LogP) is 5.57. The number of methoxy groups -OCH3 is 1. The molecule has 20 nitrogen and oxygen atoms in total. The van der Waals surface area contributed by atoms with E-state index in [0.717, 1.165) is 59.2 Å². The average molecular weight is 935 g/mol. The number of nitrogens with zero attached hydrogens (tertiary/aromatic N) is 8. The van der Waals surface area contributed by atoms with Crippen molar-refractivity contribution in [2.75, 3.05) is 55.0 Å². The monoisotopic (exact) mass is 934 g/mol. The number of nitrogens with one attached hydrogen (secondary N) is 5. The Bertz CT molecular complexity index is 2920. The zero-order valence-electron chi connectivity index (χ0n) is 38.6. The molecule has 2 aromatic carbocycles. The Balaban J connectivity index is 0.763. The second kappa shape index (κ2) is 22.1. The number of benzene rings is 2. The Hall–Kier alpha value is -8.10. The first kappa shape index (κ1) is 47.4. The van der Waals surface area contributed by atoms with Crippen LogP contribution in [-0.2, 0) is 27.4 Å². The van der Waals surface area contributed by atoms with Gasteiger partial charge in [-0.3, -0.25) is 34.0 Å². The van der Waals surface area contributed by atoms with Gasteiger partial charge in [0.15, 0.2) is 5.76 Å². The fraction of sp³-hybridized carbons (Fsp3) is 0.306. The van der Waals surface area contributed by atoms with E-state index in [0.29, 0.717) is 68.5 Å². The molecule has 0 aliphatic carbocycles. The summed E-state index contributed by atoms with van der Waals surface area (Å²) in [5.74, 6) is 0.497. The minimum Gasteiger partial charge on any atom is -0.468 e. The van der Waals surface area contributed by atoms with Gasteiger partial charge in [-0.2, -0.15) is 19.5 Å². The number of fused-ring (bicyclic) bond motifs is 1. The summed E-state index contributed by atoms with van der Waals surface area (Å²) in [5, 5.41) is 19.6. The highest BCUT2D eigenvalue weighted by atomic mass is 16.5. The van der Waals surface area contributed by atoms with Crippen LogP contribution in [0.2, 0.25) is 0 Å². The molecule has 69 heavy (non-hydrogen) atoms. The van der Waals surface area contributed by atoms with Crippen molar-refractivity contribution in [3.05, 3.63) is 125 Å². The lowest BCUT2D eigenvalue weighted by Gasteiger charge is -2.33. The topological polar surface area (TPSA) is 262 Å². The normalized spacial score (nSPS) is 13.8. The largest absolute Gasteiger partial charge is 0.468 e. The van der Waals surface area contributed by atoms with Crippen molar-refractivity contribution in [1.29, 1.82) is 0 Å². The van der Waals surface area contributed by atoms with Gasteiger partial charge in [-0.05, 0) is 109 Å². The van der Waals surface area contributed by atoms with Crippen LogP contribution in [0.1, 0.15) is 75.3 Å². The first-order chi connectivity index (χ1) is 33.5. The van der Waals surface area contributed by atoms with Crippen molar-refractivity contribution in [3.63, 3.8) is 0 Å². The number of pyridine rings is 2. The van der Waals surface area contributed by atoms with E-state index in [1.54, 1.807) is 36.7 Å². The third-order valence-corrected chi connectivity index (χ3v) is 11.8. The SMILES string of the molecule is COC(=O)[C@@H]1CCCCN1Cc1ccc(C(=O)Nc2cccc(-c3cccc(NC(=O)c4ccc(CNCCNC(=O)CCCNc5nc(N)n6nc(-c7ccco7)nc6n5)cn4)c3C)c2C)nc1. The van der Waals surface area contributed by atoms with Gasteiger partial charge >= 0.3 is 5.97 Å². The Kier molecular flexibility index (Phi) is 15.2. The van der Waals surface area contributed by atoms with Crippen LogP contribution < -0.4 is 32.3 Å². The van der Waals surface area contributed by atoms with Crippen LogP contribution in [0, 0.1) is 13.8 Å². The summed E-state index contributed by atoms with van der Waals surface area (Å²) in [6, 6.07) is 21.7. The standard InChI is InChI=1S/C49H54N14O6/c1-30-34(35-11-7-13-37(31(35)2)57-45(66)39-20-18-33(28-55-39)29-62-24-5-4-14-40(62)46(67)68-3)10-6-12-36(30)56-44(65)38-19-17-32(27-54-38)26-51-22-23-52-42(64)16-8-21-53-48-59-47(50)63-49(60-48)58-43(61-63)41-15-9-25-69-41/h6-7,9-13,15,17-20,25,27-28,40,51H,4-5,8,14,16,21-24,26,29H2,1-3H3,(H,52,64)(H,56,65)(H,57,66)(H3,50,53,58,59,60,61)/t40-/m0/s1. The highest BCUT2D eigenvalue weighted by Crippen LogP contribution is 2.34. The van der Waals surface area contributed by atoms with Crippen molar-refractivity contribution in [2.24, 2.45) is 0 Å². The molecular formula is C49H54N14O6. The van der Waals surface area contributed by atoms with Crippen molar-refractivity contribution in [3.8, 4) is 22.7 Å². The molecule has 5 aromatic heterocycles. The van der Waals surface area contributed by atoms with E-state index in [1.165, 1.54) is 17.9 Å². The number of nitrogen functional groups attached to an aromatic ring is 1. The van der Waals surface area contributed by atoms with Crippen LogP contribution in [-0.4, -0.2) is 102 Å². The number of rotatable bonds is 19. The van der Waals surface area contributed by atoms with Crippen LogP contribution in [0.3, 0.4) is 0 Å². The maximum absolute atomic E-state index is 13.4. The molecule has 6 heterocycles. The highest BCUT2D eigenvalue weighted by Gasteiger charge is 2.29. The zero-order valence-corrected chi connectivity index (χ0v) is 38.6. The van der Waals surface area contributed by atoms with Crippen LogP contribution >= 0.6 is 0 Å². The molecule has 1 aliphatic rings. The van der Waals surface area contributed by atoms with Gasteiger partial charge in [0.2, 0.25) is 23.6 Å².